The van der Waals surface area contributed by atoms with E-state index in [0.717, 1.165) is 6.07 Å². The van der Waals surface area contributed by atoms with E-state index in [9.17, 15) is 9.18 Å². The lowest BCUT2D eigenvalue weighted by Gasteiger charge is -2.05. The Hall–Kier alpha value is -2.65. The van der Waals surface area contributed by atoms with E-state index >= 15 is 0 Å². The summed E-state index contributed by atoms with van der Waals surface area (Å²) in [6.45, 7) is -0.0673. The summed E-state index contributed by atoms with van der Waals surface area (Å²) < 4.78 is 13.3. The van der Waals surface area contributed by atoms with Crippen molar-refractivity contribution in [1.82, 2.24) is 9.97 Å². The van der Waals surface area contributed by atoms with Gasteiger partial charge < -0.3 is 10.1 Å². The van der Waals surface area contributed by atoms with Gasteiger partial charge in [-0.3, -0.25) is 10.1 Å². The molecule has 5 nitrogen and oxygen atoms in total. The van der Waals surface area contributed by atoms with Crippen LogP contribution in [0.1, 0.15) is 22.3 Å². The van der Waals surface area contributed by atoms with Gasteiger partial charge in [0.25, 0.3) is 5.91 Å². The van der Waals surface area contributed by atoms with E-state index in [4.69, 9.17) is 5.11 Å². The Kier molecular flexibility index (Phi) is 4.47. The number of carbonyl (C=O) groups excluding carboxylic acids is 1. The monoisotopic (exact) mass is 273 g/mol. The van der Waals surface area contributed by atoms with Gasteiger partial charge in [0.05, 0.1) is 12.2 Å². The van der Waals surface area contributed by atoms with Gasteiger partial charge in [0.2, 0.25) is 5.95 Å². The number of carbonyl (C=O) groups is 1. The largest absolute Gasteiger partial charge is 0.395 e. The maximum Gasteiger partial charge on any atom is 0.259 e. The summed E-state index contributed by atoms with van der Waals surface area (Å²) in [5.74, 6) is 4.67. The minimum atomic E-state index is -0.526. The van der Waals surface area contributed by atoms with E-state index in [2.05, 4.69) is 27.1 Å². The molecule has 2 rings (SSSR count). The van der Waals surface area contributed by atoms with Gasteiger partial charge in [-0.2, -0.15) is 0 Å². The number of anilines is 1. The molecule has 1 amide bonds. The van der Waals surface area contributed by atoms with Gasteiger partial charge in [0, 0.05) is 24.4 Å². The van der Waals surface area contributed by atoms with Crippen LogP contribution in [0.15, 0.2) is 30.6 Å². The van der Waals surface area contributed by atoms with Crippen LogP contribution in [-0.4, -0.2) is 27.6 Å². The standard InChI is InChI=1S/C14H12FN3O2/c15-11-5-4-10(3-1-2-8-19)12(9-11)13(20)18-14-16-6-7-17-14/h4-7,9,19H,2,8H2,(H2,16,17,18,20). The van der Waals surface area contributed by atoms with Gasteiger partial charge in [-0.1, -0.05) is 11.8 Å². The summed E-state index contributed by atoms with van der Waals surface area (Å²) in [6.07, 6.45) is 3.34. The van der Waals surface area contributed by atoms with E-state index in [1.807, 2.05) is 0 Å². The second-order valence-corrected chi connectivity index (χ2v) is 3.86. The van der Waals surface area contributed by atoms with Crippen LogP contribution in [0.4, 0.5) is 10.3 Å². The van der Waals surface area contributed by atoms with Crippen molar-refractivity contribution in [2.75, 3.05) is 11.9 Å². The SMILES string of the molecule is O=C(Nc1ncc[nH]1)c1cc(F)ccc1C#CCCO. The Bertz CT molecular complexity index is 657. The highest BCUT2D eigenvalue weighted by Gasteiger charge is 2.12. The summed E-state index contributed by atoms with van der Waals surface area (Å²) in [5, 5.41) is 11.2. The Morgan fingerprint density at radius 1 is 1.50 bits per heavy atom. The number of aromatic nitrogens is 2. The molecule has 6 heteroatoms. The number of benzene rings is 1. The molecule has 0 unspecified atom stereocenters. The molecule has 0 radical (unpaired) electrons. The zero-order chi connectivity index (χ0) is 14.4. The Morgan fingerprint density at radius 3 is 3.05 bits per heavy atom. The molecule has 0 bridgehead atoms. The van der Waals surface area contributed by atoms with Gasteiger partial charge in [-0.05, 0) is 18.2 Å². The average Bonchev–Trinajstić information content (AvgIpc) is 2.93. The topological polar surface area (TPSA) is 78.0 Å². The maximum absolute atomic E-state index is 13.3. The van der Waals surface area contributed by atoms with Crippen molar-refractivity contribution in [2.45, 2.75) is 6.42 Å². The number of nitrogens with zero attached hydrogens (tertiary/aromatic N) is 1. The highest BCUT2D eigenvalue weighted by Crippen LogP contribution is 2.12. The van der Waals surface area contributed by atoms with Gasteiger partial charge in [-0.25, -0.2) is 9.37 Å². The van der Waals surface area contributed by atoms with Crippen molar-refractivity contribution in [3.63, 3.8) is 0 Å². The second-order valence-electron chi connectivity index (χ2n) is 3.86. The number of imidazole rings is 1. The van der Waals surface area contributed by atoms with Crippen molar-refractivity contribution < 1.29 is 14.3 Å². The van der Waals surface area contributed by atoms with Crippen molar-refractivity contribution in [3.05, 3.63) is 47.5 Å². The van der Waals surface area contributed by atoms with E-state index in [1.165, 1.54) is 18.3 Å². The third kappa shape index (κ3) is 3.43. The minimum absolute atomic E-state index is 0.0673. The molecule has 0 fully saturated rings. The fourth-order valence-corrected chi connectivity index (χ4v) is 1.54. The minimum Gasteiger partial charge on any atom is -0.395 e. The maximum atomic E-state index is 13.3. The van der Waals surface area contributed by atoms with Crippen LogP contribution in [0.3, 0.4) is 0 Å². The number of aliphatic hydroxyl groups is 1. The molecule has 0 saturated carbocycles. The first-order valence-electron chi connectivity index (χ1n) is 5.90. The predicted octanol–water partition coefficient (Wildman–Crippen LogP) is 1.53. The first kappa shape index (κ1) is 13.8. The molecule has 102 valence electrons. The molecule has 1 heterocycles. The highest BCUT2D eigenvalue weighted by molar-refractivity contribution is 6.05. The number of hydrogen-bond donors (Lipinski definition) is 3. The molecule has 0 atom stereocenters. The molecule has 20 heavy (non-hydrogen) atoms. The quantitative estimate of drug-likeness (QED) is 0.742. The van der Waals surface area contributed by atoms with E-state index in [-0.39, 0.29) is 24.5 Å². The number of halogens is 1. The Balaban J connectivity index is 2.27. The van der Waals surface area contributed by atoms with Gasteiger partial charge in [0.15, 0.2) is 0 Å². The molecule has 0 aliphatic heterocycles. The van der Waals surface area contributed by atoms with Gasteiger partial charge >= 0.3 is 0 Å². The van der Waals surface area contributed by atoms with Crippen LogP contribution in [-0.2, 0) is 0 Å². The van der Waals surface area contributed by atoms with Gasteiger partial charge in [-0.15, -0.1) is 0 Å². The molecular formula is C14H12FN3O2. The van der Waals surface area contributed by atoms with Crippen LogP contribution < -0.4 is 5.32 Å². The normalized spacial score (nSPS) is 9.70. The van der Waals surface area contributed by atoms with Crippen LogP contribution in [0.2, 0.25) is 0 Å². The van der Waals surface area contributed by atoms with Crippen LogP contribution in [0.25, 0.3) is 0 Å². The smallest absolute Gasteiger partial charge is 0.259 e. The summed E-state index contributed by atoms with van der Waals surface area (Å²) in [5.41, 5.74) is 0.510. The third-order valence-electron chi connectivity index (χ3n) is 2.42. The molecule has 0 spiro atoms. The second kappa shape index (κ2) is 6.50. The van der Waals surface area contributed by atoms with Gasteiger partial charge in [0.1, 0.15) is 5.82 Å². The summed E-state index contributed by atoms with van der Waals surface area (Å²) in [4.78, 5) is 18.6. The molecule has 1 aromatic heterocycles. The van der Waals surface area contributed by atoms with Crippen LogP contribution in [0.5, 0.6) is 0 Å². The molecule has 3 N–H and O–H groups in total. The third-order valence-corrected chi connectivity index (χ3v) is 2.42. The lowest BCUT2D eigenvalue weighted by molar-refractivity contribution is 0.102. The fraction of sp³-hybridized carbons (Fsp3) is 0.143. The summed E-state index contributed by atoms with van der Waals surface area (Å²) >= 11 is 0. The van der Waals surface area contributed by atoms with E-state index in [1.54, 1.807) is 6.20 Å². The van der Waals surface area contributed by atoms with Crippen molar-refractivity contribution in [1.29, 1.82) is 0 Å². The Labute approximate surface area is 114 Å². The predicted molar refractivity (Wildman–Crippen MR) is 71.5 cm³/mol. The molecule has 0 aliphatic carbocycles. The Morgan fingerprint density at radius 2 is 2.35 bits per heavy atom. The first-order chi connectivity index (χ1) is 9.70. The number of aliphatic hydroxyl groups excluding tert-OH is 1. The first-order valence-corrected chi connectivity index (χ1v) is 5.90. The molecule has 1 aromatic carbocycles. The number of hydrogen-bond acceptors (Lipinski definition) is 3. The molecule has 2 aromatic rings. The number of nitrogens with one attached hydrogen (secondary N) is 2. The lowest BCUT2D eigenvalue weighted by atomic mass is 10.1. The van der Waals surface area contributed by atoms with Crippen LogP contribution in [0, 0.1) is 17.7 Å². The molecule has 0 aliphatic rings. The fourth-order valence-electron chi connectivity index (χ4n) is 1.54. The number of H-pyrrole nitrogens is 1. The van der Waals surface area contributed by atoms with Crippen molar-refractivity contribution in [3.8, 4) is 11.8 Å². The lowest BCUT2D eigenvalue weighted by Crippen LogP contribution is -2.14. The summed E-state index contributed by atoms with van der Waals surface area (Å²) in [7, 11) is 0. The summed E-state index contributed by atoms with van der Waals surface area (Å²) in [6, 6.07) is 3.77. The molecular weight excluding hydrogens is 261 g/mol. The zero-order valence-corrected chi connectivity index (χ0v) is 10.5. The number of aromatic amines is 1. The average molecular weight is 273 g/mol. The number of amides is 1. The van der Waals surface area contributed by atoms with Crippen molar-refractivity contribution >= 4 is 11.9 Å². The van der Waals surface area contributed by atoms with Crippen LogP contribution >= 0.6 is 0 Å². The van der Waals surface area contributed by atoms with E-state index < -0.39 is 11.7 Å². The number of rotatable bonds is 3. The highest BCUT2D eigenvalue weighted by atomic mass is 19.1. The molecule has 0 saturated heterocycles. The van der Waals surface area contributed by atoms with Crippen molar-refractivity contribution in [2.24, 2.45) is 0 Å². The zero-order valence-electron chi connectivity index (χ0n) is 10.5. The van der Waals surface area contributed by atoms with E-state index in [0.29, 0.717) is 5.56 Å².